The maximum absolute atomic E-state index is 9.89. The third kappa shape index (κ3) is 1.36. The summed E-state index contributed by atoms with van der Waals surface area (Å²) in [6.07, 6.45) is 8.21. The molecule has 2 aromatic heterocycles. The van der Waals surface area contributed by atoms with Crippen molar-refractivity contribution in [1.82, 2.24) is 19.1 Å². The number of rotatable bonds is 2. The number of nitrogens with zero attached hydrogens (tertiary/aromatic N) is 4. The summed E-state index contributed by atoms with van der Waals surface area (Å²) < 4.78 is 10.1. The highest BCUT2D eigenvalue weighted by molar-refractivity contribution is 5.06. The van der Waals surface area contributed by atoms with E-state index in [-0.39, 0.29) is 12.3 Å². The molecule has 0 fully saturated rings. The number of aliphatic hydroxyl groups excluding tert-OH is 1. The lowest BCUT2D eigenvalue weighted by Gasteiger charge is -2.18. The van der Waals surface area contributed by atoms with Gasteiger partial charge in [0.1, 0.15) is 30.1 Å². The normalized spacial score (nSPS) is 29.5. The van der Waals surface area contributed by atoms with Crippen LogP contribution in [0.5, 0.6) is 0 Å². The van der Waals surface area contributed by atoms with Crippen molar-refractivity contribution in [2.75, 3.05) is 0 Å². The van der Waals surface area contributed by atoms with E-state index < -0.39 is 6.10 Å². The lowest BCUT2D eigenvalue weighted by atomic mass is 10.2. The highest BCUT2D eigenvalue weighted by atomic mass is 16.5. The lowest BCUT2D eigenvalue weighted by Crippen LogP contribution is -2.11. The summed E-state index contributed by atoms with van der Waals surface area (Å²) >= 11 is 0. The maximum Gasteiger partial charge on any atom is 0.139 e. The molecule has 0 aromatic carbocycles. The number of hydrogen-bond donors (Lipinski definition) is 1. The Hall–Kier alpha value is -1.66. The number of aromatic nitrogens is 4. The van der Waals surface area contributed by atoms with Gasteiger partial charge in [0.15, 0.2) is 0 Å². The van der Waals surface area contributed by atoms with Crippen LogP contribution in [0.3, 0.4) is 0 Å². The highest BCUT2D eigenvalue weighted by Gasteiger charge is 2.35. The molecule has 0 saturated heterocycles. The molecule has 4 heterocycles. The molecule has 0 aliphatic carbocycles. The van der Waals surface area contributed by atoms with Crippen molar-refractivity contribution in [2.45, 2.75) is 37.8 Å². The minimum Gasteiger partial charge on any atom is -0.385 e. The Morgan fingerprint density at radius 1 is 1.22 bits per heavy atom. The molecule has 0 saturated carbocycles. The van der Waals surface area contributed by atoms with E-state index in [0.717, 1.165) is 18.8 Å². The average Bonchev–Trinajstić information content (AvgIpc) is 3.07. The Morgan fingerprint density at radius 2 is 2.06 bits per heavy atom. The Bertz CT molecular complexity index is 576. The van der Waals surface area contributed by atoms with Gasteiger partial charge in [0.2, 0.25) is 0 Å². The van der Waals surface area contributed by atoms with E-state index in [1.165, 1.54) is 0 Å². The van der Waals surface area contributed by atoms with Crippen LogP contribution >= 0.6 is 0 Å². The van der Waals surface area contributed by atoms with Crippen LogP contribution in [0.4, 0.5) is 0 Å². The number of fused-ring (bicyclic) bond motifs is 2. The van der Waals surface area contributed by atoms with Crippen LogP contribution in [-0.4, -0.2) is 24.2 Å². The molecule has 6 heteroatoms. The van der Waals surface area contributed by atoms with Crippen LogP contribution in [0.2, 0.25) is 0 Å². The summed E-state index contributed by atoms with van der Waals surface area (Å²) in [5.74, 6) is 1.68. The summed E-state index contributed by atoms with van der Waals surface area (Å²) in [5.41, 5.74) is 0. The van der Waals surface area contributed by atoms with Gasteiger partial charge in [-0.25, -0.2) is 9.97 Å². The van der Waals surface area contributed by atoms with Crippen molar-refractivity contribution in [3.05, 3.63) is 36.4 Å². The molecule has 1 unspecified atom stereocenters. The van der Waals surface area contributed by atoms with Gasteiger partial charge in [0.25, 0.3) is 0 Å². The zero-order valence-electron chi connectivity index (χ0n) is 9.81. The second kappa shape index (κ2) is 3.66. The molecule has 1 N–H and O–H groups in total. The summed E-state index contributed by atoms with van der Waals surface area (Å²) in [4.78, 5) is 8.48. The summed E-state index contributed by atoms with van der Waals surface area (Å²) in [6.45, 7) is 0.950. The van der Waals surface area contributed by atoms with E-state index in [1.807, 2.05) is 17.0 Å². The van der Waals surface area contributed by atoms with Gasteiger partial charge in [0.05, 0.1) is 0 Å². The number of aryl methyl sites for hydroxylation is 1. The summed E-state index contributed by atoms with van der Waals surface area (Å²) in [6, 6.07) is 0. The van der Waals surface area contributed by atoms with Gasteiger partial charge < -0.3 is 19.0 Å². The smallest absolute Gasteiger partial charge is 0.139 e. The highest BCUT2D eigenvalue weighted by Crippen LogP contribution is 2.39. The maximum atomic E-state index is 9.89. The fourth-order valence-electron chi connectivity index (χ4n) is 2.86. The van der Waals surface area contributed by atoms with Crippen molar-refractivity contribution in [3.8, 4) is 0 Å². The van der Waals surface area contributed by atoms with Crippen LogP contribution in [0.1, 0.15) is 42.9 Å². The molecule has 2 aliphatic heterocycles. The molecule has 2 aromatic rings. The second-order valence-electron chi connectivity index (χ2n) is 4.79. The molecule has 3 atom stereocenters. The first-order chi connectivity index (χ1) is 8.83. The Labute approximate surface area is 104 Å². The lowest BCUT2D eigenvalue weighted by molar-refractivity contribution is -0.0608. The number of imidazole rings is 2. The predicted octanol–water partition coefficient (Wildman–Crippen LogP) is 1.18. The minimum atomic E-state index is -0.522. The molecular formula is C12H14N4O2. The summed E-state index contributed by atoms with van der Waals surface area (Å²) in [7, 11) is 0. The second-order valence-corrected chi connectivity index (χ2v) is 4.79. The monoisotopic (exact) mass is 246 g/mol. The van der Waals surface area contributed by atoms with E-state index in [0.29, 0.717) is 12.2 Å². The third-order valence-electron chi connectivity index (χ3n) is 3.72. The topological polar surface area (TPSA) is 65.1 Å². The zero-order valence-corrected chi connectivity index (χ0v) is 9.81. The fourth-order valence-corrected chi connectivity index (χ4v) is 2.86. The van der Waals surface area contributed by atoms with E-state index in [4.69, 9.17) is 4.74 Å². The van der Waals surface area contributed by atoms with Crippen LogP contribution < -0.4 is 0 Å². The van der Waals surface area contributed by atoms with Gasteiger partial charge >= 0.3 is 0 Å². The Balaban J connectivity index is 1.58. The number of ether oxygens (including phenoxy) is 1. The van der Waals surface area contributed by atoms with E-state index in [2.05, 4.69) is 14.5 Å². The molecule has 0 bridgehead atoms. The first-order valence-corrected chi connectivity index (χ1v) is 6.20. The predicted molar refractivity (Wildman–Crippen MR) is 61.5 cm³/mol. The first-order valence-electron chi connectivity index (χ1n) is 6.20. The molecule has 0 amide bonds. The molecular weight excluding hydrogens is 232 g/mol. The minimum absolute atomic E-state index is 0.0190. The Morgan fingerprint density at radius 3 is 3.00 bits per heavy atom. The zero-order chi connectivity index (χ0) is 12.1. The molecule has 4 rings (SSSR count). The van der Waals surface area contributed by atoms with Crippen LogP contribution in [0, 0.1) is 0 Å². The van der Waals surface area contributed by atoms with Gasteiger partial charge in [0, 0.05) is 37.8 Å². The van der Waals surface area contributed by atoms with Gasteiger partial charge in [-0.3, -0.25) is 0 Å². The Kier molecular flexibility index (Phi) is 2.09. The van der Waals surface area contributed by atoms with Crippen molar-refractivity contribution >= 4 is 0 Å². The van der Waals surface area contributed by atoms with Crippen molar-refractivity contribution < 1.29 is 9.84 Å². The molecule has 0 spiro atoms. The van der Waals surface area contributed by atoms with E-state index in [1.54, 1.807) is 12.4 Å². The molecule has 18 heavy (non-hydrogen) atoms. The van der Waals surface area contributed by atoms with E-state index >= 15 is 0 Å². The fraction of sp³-hybridized carbons (Fsp3) is 0.500. The van der Waals surface area contributed by atoms with Gasteiger partial charge in [-0.1, -0.05) is 0 Å². The molecule has 94 valence electrons. The quantitative estimate of drug-likeness (QED) is 0.864. The van der Waals surface area contributed by atoms with Gasteiger partial charge in [-0.15, -0.1) is 0 Å². The van der Waals surface area contributed by atoms with Crippen LogP contribution in [-0.2, 0) is 11.3 Å². The van der Waals surface area contributed by atoms with Crippen molar-refractivity contribution in [2.24, 2.45) is 0 Å². The molecule has 2 aliphatic rings. The van der Waals surface area contributed by atoms with E-state index in [9.17, 15) is 5.11 Å². The van der Waals surface area contributed by atoms with Crippen molar-refractivity contribution in [3.63, 3.8) is 0 Å². The van der Waals surface area contributed by atoms with Crippen LogP contribution in [0.15, 0.2) is 24.8 Å². The first kappa shape index (κ1) is 10.3. The summed E-state index contributed by atoms with van der Waals surface area (Å²) in [5, 5.41) is 9.89. The largest absolute Gasteiger partial charge is 0.385 e. The third-order valence-corrected chi connectivity index (χ3v) is 3.72. The number of hydrogen-bond acceptors (Lipinski definition) is 4. The standard InChI is InChI=1S/C12H14N4O2/c17-8-7-10(16-6-3-13-11(8)16)18-9-1-4-15-5-2-14-12(9)15/h2-3,5-6,8-10,17H,1,4,7H2/t8-,9+,10?/m0/s1. The van der Waals surface area contributed by atoms with Crippen molar-refractivity contribution in [1.29, 1.82) is 0 Å². The molecule has 0 radical (unpaired) electrons. The number of aliphatic hydroxyl groups is 1. The molecule has 6 nitrogen and oxygen atoms in total. The average molecular weight is 246 g/mol. The van der Waals surface area contributed by atoms with Crippen LogP contribution in [0.25, 0.3) is 0 Å². The van der Waals surface area contributed by atoms with Gasteiger partial charge in [-0.2, -0.15) is 0 Å². The SMILES string of the molecule is O[C@H]1CC(O[C@@H]2CCn3ccnc32)n2ccnc21. The van der Waals surface area contributed by atoms with Gasteiger partial charge in [-0.05, 0) is 6.42 Å².